The summed E-state index contributed by atoms with van der Waals surface area (Å²) in [6, 6.07) is 2.12. The molecule has 6 heteroatoms. The molecular weight excluding hydrogens is 201 g/mol. The van der Waals surface area contributed by atoms with Gasteiger partial charge in [-0.2, -0.15) is 4.39 Å². The maximum Gasteiger partial charge on any atom is 0.347 e. The third-order valence-corrected chi connectivity index (χ3v) is 1.72. The van der Waals surface area contributed by atoms with Gasteiger partial charge in [-0.15, -0.1) is 0 Å². The SMILES string of the molecule is COc1c(Cl)ccc(F)c1[N+](=O)[O-]. The summed E-state index contributed by atoms with van der Waals surface area (Å²) in [4.78, 5) is 9.51. The van der Waals surface area contributed by atoms with Gasteiger partial charge in [-0.05, 0) is 12.1 Å². The second kappa shape index (κ2) is 3.57. The summed E-state index contributed by atoms with van der Waals surface area (Å²) in [7, 11) is 1.19. The molecule has 0 atom stereocenters. The van der Waals surface area contributed by atoms with E-state index in [0.29, 0.717) is 0 Å². The normalized spacial score (nSPS) is 9.77. The third-order valence-electron chi connectivity index (χ3n) is 1.42. The highest BCUT2D eigenvalue weighted by Gasteiger charge is 2.23. The Kier molecular flexibility index (Phi) is 2.67. The molecule has 0 aliphatic rings. The summed E-state index contributed by atoms with van der Waals surface area (Å²) in [5.74, 6) is -1.22. The molecule has 70 valence electrons. The van der Waals surface area contributed by atoms with E-state index in [1.807, 2.05) is 0 Å². The fourth-order valence-electron chi connectivity index (χ4n) is 0.887. The molecule has 0 radical (unpaired) electrons. The van der Waals surface area contributed by atoms with E-state index in [1.165, 1.54) is 13.2 Å². The van der Waals surface area contributed by atoms with Gasteiger partial charge in [0, 0.05) is 0 Å². The Bertz CT molecular complexity index is 356. The zero-order valence-corrected chi connectivity index (χ0v) is 7.34. The van der Waals surface area contributed by atoms with Gasteiger partial charge in [-0.3, -0.25) is 10.1 Å². The Labute approximate surface area is 78.0 Å². The zero-order valence-electron chi connectivity index (χ0n) is 6.58. The van der Waals surface area contributed by atoms with Crippen molar-refractivity contribution >= 4 is 17.3 Å². The molecule has 0 aliphatic heterocycles. The second-order valence-electron chi connectivity index (χ2n) is 2.17. The molecule has 1 rings (SSSR count). The van der Waals surface area contributed by atoms with Gasteiger partial charge in [0.15, 0.2) is 0 Å². The molecule has 0 bridgehead atoms. The fraction of sp³-hybridized carbons (Fsp3) is 0.143. The lowest BCUT2D eigenvalue weighted by molar-refractivity contribution is -0.388. The molecular formula is C7H5ClFNO3. The van der Waals surface area contributed by atoms with Gasteiger partial charge in [0.1, 0.15) is 0 Å². The summed E-state index contributed by atoms with van der Waals surface area (Å²) < 4.78 is 17.5. The number of halogens is 2. The van der Waals surface area contributed by atoms with Crippen LogP contribution in [-0.2, 0) is 0 Å². The Morgan fingerprint density at radius 1 is 1.62 bits per heavy atom. The molecule has 0 unspecified atom stereocenters. The van der Waals surface area contributed by atoms with E-state index in [4.69, 9.17) is 11.6 Å². The first-order valence-electron chi connectivity index (χ1n) is 3.24. The van der Waals surface area contributed by atoms with Crippen LogP contribution >= 0.6 is 11.6 Å². The number of nitrogens with zero attached hydrogens (tertiary/aromatic N) is 1. The Balaban J connectivity index is 3.43. The molecule has 0 saturated heterocycles. The number of methoxy groups -OCH3 is 1. The molecule has 0 aromatic heterocycles. The second-order valence-corrected chi connectivity index (χ2v) is 2.58. The average Bonchev–Trinajstić information content (AvgIpc) is 2.07. The number of hydrogen-bond donors (Lipinski definition) is 0. The highest BCUT2D eigenvalue weighted by molar-refractivity contribution is 6.32. The van der Waals surface area contributed by atoms with Gasteiger partial charge >= 0.3 is 5.69 Å². The number of hydrogen-bond acceptors (Lipinski definition) is 3. The first kappa shape index (κ1) is 9.73. The van der Waals surface area contributed by atoms with Crippen molar-refractivity contribution in [1.29, 1.82) is 0 Å². The van der Waals surface area contributed by atoms with E-state index >= 15 is 0 Å². The average molecular weight is 206 g/mol. The van der Waals surface area contributed by atoms with Crippen LogP contribution in [0.2, 0.25) is 5.02 Å². The van der Waals surface area contributed by atoms with Crippen molar-refractivity contribution in [3.8, 4) is 5.75 Å². The van der Waals surface area contributed by atoms with Crippen LogP contribution in [-0.4, -0.2) is 12.0 Å². The van der Waals surface area contributed by atoms with E-state index in [2.05, 4.69) is 4.74 Å². The number of rotatable bonds is 2. The monoisotopic (exact) mass is 205 g/mol. The molecule has 0 fully saturated rings. The molecule has 1 aromatic carbocycles. The molecule has 0 N–H and O–H groups in total. The van der Waals surface area contributed by atoms with Crippen LogP contribution in [0.5, 0.6) is 5.75 Å². The molecule has 0 heterocycles. The van der Waals surface area contributed by atoms with Crippen molar-refractivity contribution in [3.63, 3.8) is 0 Å². The minimum absolute atomic E-state index is 0.00981. The standard InChI is InChI=1S/C7H5ClFNO3/c1-13-7-4(8)2-3-5(9)6(7)10(11)12/h2-3H,1H3. The van der Waals surface area contributed by atoms with Crippen LogP contribution in [0.3, 0.4) is 0 Å². The third kappa shape index (κ3) is 1.70. The van der Waals surface area contributed by atoms with Crippen LogP contribution in [0.25, 0.3) is 0 Å². The first-order chi connectivity index (χ1) is 6.07. The number of nitro benzene ring substituents is 1. The van der Waals surface area contributed by atoms with Crippen molar-refractivity contribution in [2.45, 2.75) is 0 Å². The van der Waals surface area contributed by atoms with Crippen LogP contribution in [0.15, 0.2) is 12.1 Å². The molecule has 13 heavy (non-hydrogen) atoms. The predicted octanol–water partition coefficient (Wildman–Crippen LogP) is 2.40. The highest BCUT2D eigenvalue weighted by atomic mass is 35.5. The lowest BCUT2D eigenvalue weighted by atomic mass is 10.3. The molecule has 0 aliphatic carbocycles. The quantitative estimate of drug-likeness (QED) is 0.550. The van der Waals surface area contributed by atoms with Gasteiger partial charge in [-0.25, -0.2) is 0 Å². The fourth-order valence-corrected chi connectivity index (χ4v) is 1.12. The van der Waals surface area contributed by atoms with E-state index in [0.717, 1.165) is 6.07 Å². The largest absolute Gasteiger partial charge is 0.489 e. The highest BCUT2D eigenvalue weighted by Crippen LogP contribution is 2.36. The molecule has 0 amide bonds. The topological polar surface area (TPSA) is 52.4 Å². The van der Waals surface area contributed by atoms with E-state index in [9.17, 15) is 14.5 Å². The van der Waals surface area contributed by atoms with Crippen LogP contribution in [0.1, 0.15) is 0 Å². The van der Waals surface area contributed by atoms with Gasteiger partial charge in [-0.1, -0.05) is 11.6 Å². The van der Waals surface area contributed by atoms with E-state index in [1.54, 1.807) is 0 Å². The predicted molar refractivity (Wildman–Crippen MR) is 44.6 cm³/mol. The van der Waals surface area contributed by atoms with Crippen LogP contribution in [0, 0.1) is 15.9 Å². The summed E-state index contributed by atoms with van der Waals surface area (Å²) in [5.41, 5.74) is -0.741. The van der Waals surface area contributed by atoms with E-state index < -0.39 is 16.4 Å². The summed E-state index contributed by atoms with van der Waals surface area (Å²) in [6.45, 7) is 0. The smallest absolute Gasteiger partial charge is 0.347 e. The Morgan fingerprint density at radius 2 is 2.23 bits per heavy atom. The molecule has 0 spiro atoms. The zero-order chi connectivity index (χ0) is 10.0. The minimum Gasteiger partial charge on any atom is -0.489 e. The maximum atomic E-state index is 12.9. The van der Waals surface area contributed by atoms with Crippen molar-refractivity contribution in [2.75, 3.05) is 7.11 Å². The van der Waals surface area contributed by atoms with Crippen LogP contribution < -0.4 is 4.74 Å². The van der Waals surface area contributed by atoms with Gasteiger partial charge in [0.25, 0.3) is 0 Å². The van der Waals surface area contributed by atoms with Crippen LogP contribution in [0.4, 0.5) is 10.1 Å². The molecule has 4 nitrogen and oxygen atoms in total. The summed E-state index contributed by atoms with van der Waals surface area (Å²) in [6.07, 6.45) is 0. The van der Waals surface area contributed by atoms with Crippen molar-refractivity contribution in [2.24, 2.45) is 0 Å². The number of nitro groups is 1. The van der Waals surface area contributed by atoms with Crippen molar-refractivity contribution in [1.82, 2.24) is 0 Å². The molecule has 1 aromatic rings. The Hall–Kier alpha value is -1.36. The van der Waals surface area contributed by atoms with Gasteiger partial charge in [0.05, 0.1) is 17.1 Å². The lowest BCUT2D eigenvalue weighted by Gasteiger charge is -2.03. The van der Waals surface area contributed by atoms with Gasteiger partial charge < -0.3 is 4.74 Å². The maximum absolute atomic E-state index is 12.9. The number of benzene rings is 1. The van der Waals surface area contributed by atoms with E-state index in [-0.39, 0.29) is 10.8 Å². The van der Waals surface area contributed by atoms with Crippen molar-refractivity contribution < 1.29 is 14.1 Å². The Morgan fingerprint density at radius 3 is 2.62 bits per heavy atom. The first-order valence-corrected chi connectivity index (χ1v) is 3.62. The van der Waals surface area contributed by atoms with Crippen molar-refractivity contribution in [3.05, 3.63) is 33.1 Å². The number of ether oxygens (including phenoxy) is 1. The molecule has 0 saturated carbocycles. The lowest BCUT2D eigenvalue weighted by Crippen LogP contribution is -1.97. The summed E-state index contributed by atoms with van der Waals surface area (Å²) in [5, 5.41) is 10.4. The van der Waals surface area contributed by atoms with Gasteiger partial charge in [0.2, 0.25) is 11.6 Å². The minimum atomic E-state index is -0.966. The summed E-state index contributed by atoms with van der Waals surface area (Å²) >= 11 is 5.55.